The van der Waals surface area contributed by atoms with Crippen LogP contribution in [0.2, 0.25) is 0 Å². The summed E-state index contributed by atoms with van der Waals surface area (Å²) in [6, 6.07) is 13.1. The van der Waals surface area contributed by atoms with E-state index in [1.807, 2.05) is 0 Å². The molecule has 29 heavy (non-hydrogen) atoms. The van der Waals surface area contributed by atoms with Gasteiger partial charge in [0.1, 0.15) is 17.4 Å². The van der Waals surface area contributed by atoms with Crippen LogP contribution in [0.3, 0.4) is 0 Å². The lowest BCUT2D eigenvalue weighted by atomic mass is 10.2. The molecule has 2 heterocycles. The van der Waals surface area contributed by atoms with Crippen molar-refractivity contribution in [1.29, 1.82) is 0 Å². The van der Waals surface area contributed by atoms with Gasteiger partial charge in [-0.05, 0) is 60.7 Å². The summed E-state index contributed by atoms with van der Waals surface area (Å²) >= 11 is 0. The highest BCUT2D eigenvalue weighted by Crippen LogP contribution is 2.32. The number of sulfone groups is 1. The molecule has 1 N–H and O–H groups in total. The molecule has 0 spiro atoms. The molecule has 0 atom stereocenters. The Morgan fingerprint density at radius 3 is 2.21 bits per heavy atom. The number of benzene rings is 2. The van der Waals surface area contributed by atoms with Crippen molar-refractivity contribution < 1.29 is 26.0 Å². The molecule has 0 saturated heterocycles. The van der Waals surface area contributed by atoms with E-state index in [1.54, 1.807) is 12.1 Å². The van der Waals surface area contributed by atoms with Gasteiger partial charge in [-0.15, -0.1) is 0 Å². The van der Waals surface area contributed by atoms with Crippen LogP contribution in [0.25, 0.3) is 11.5 Å². The van der Waals surface area contributed by atoms with Gasteiger partial charge in [0, 0.05) is 5.56 Å². The summed E-state index contributed by atoms with van der Waals surface area (Å²) in [5.74, 6) is -0.574. The lowest BCUT2D eigenvalue weighted by Crippen LogP contribution is -2.07. The van der Waals surface area contributed by atoms with E-state index in [2.05, 4.69) is 10.3 Å². The number of furan rings is 1. The Labute approximate surface area is 164 Å². The van der Waals surface area contributed by atoms with E-state index < -0.39 is 21.5 Å². The molecule has 0 saturated carbocycles. The highest BCUT2D eigenvalue weighted by atomic mass is 32.2. The van der Waals surface area contributed by atoms with Crippen LogP contribution >= 0.6 is 0 Å². The van der Waals surface area contributed by atoms with Crippen LogP contribution in [-0.2, 0) is 16.4 Å². The summed E-state index contributed by atoms with van der Waals surface area (Å²) in [5.41, 5.74) is 0.396. The van der Waals surface area contributed by atoms with Crippen LogP contribution in [0.15, 0.2) is 85.7 Å². The molecule has 0 amide bonds. The average Bonchev–Trinajstić information content (AvgIpc) is 3.37. The fourth-order valence-electron chi connectivity index (χ4n) is 2.62. The molecule has 0 bridgehead atoms. The van der Waals surface area contributed by atoms with E-state index in [0.717, 1.165) is 24.3 Å². The first kappa shape index (κ1) is 18.9. The van der Waals surface area contributed by atoms with Gasteiger partial charge in [-0.3, -0.25) is 0 Å². The monoisotopic (exact) mass is 416 g/mol. The zero-order chi connectivity index (χ0) is 20.4. The third-order valence-electron chi connectivity index (χ3n) is 4.07. The van der Waals surface area contributed by atoms with E-state index in [4.69, 9.17) is 8.83 Å². The van der Waals surface area contributed by atoms with E-state index in [-0.39, 0.29) is 28.2 Å². The highest BCUT2D eigenvalue weighted by Gasteiger charge is 2.28. The number of rotatable bonds is 6. The number of nitrogens with zero attached hydrogens (tertiary/aromatic N) is 1. The van der Waals surface area contributed by atoms with Crippen LogP contribution in [0, 0.1) is 11.6 Å². The van der Waals surface area contributed by atoms with Crippen LogP contribution in [0.1, 0.15) is 5.76 Å². The Hall–Kier alpha value is -3.46. The summed E-state index contributed by atoms with van der Waals surface area (Å²) in [4.78, 5) is 3.98. The SMILES string of the molecule is O=S(=O)(c1ccc(F)cc1)c1nc(-c2ccc(F)cc2)oc1NCc1ccco1. The predicted octanol–water partition coefficient (Wildman–Crippen LogP) is 4.66. The summed E-state index contributed by atoms with van der Waals surface area (Å²) in [6.07, 6.45) is 1.48. The van der Waals surface area contributed by atoms with E-state index in [9.17, 15) is 17.2 Å². The number of hydrogen-bond acceptors (Lipinski definition) is 6. The quantitative estimate of drug-likeness (QED) is 0.460. The van der Waals surface area contributed by atoms with Gasteiger partial charge in [-0.1, -0.05) is 0 Å². The maximum absolute atomic E-state index is 13.2. The van der Waals surface area contributed by atoms with E-state index >= 15 is 0 Å². The lowest BCUT2D eigenvalue weighted by molar-refractivity contribution is 0.511. The van der Waals surface area contributed by atoms with Crippen molar-refractivity contribution in [3.05, 3.63) is 84.3 Å². The van der Waals surface area contributed by atoms with Crippen molar-refractivity contribution in [3.8, 4) is 11.5 Å². The zero-order valence-electron chi connectivity index (χ0n) is 14.8. The smallest absolute Gasteiger partial charge is 0.234 e. The summed E-state index contributed by atoms with van der Waals surface area (Å²) in [6.45, 7) is 0.150. The van der Waals surface area contributed by atoms with Crippen LogP contribution in [-0.4, -0.2) is 13.4 Å². The van der Waals surface area contributed by atoms with Crippen LogP contribution < -0.4 is 5.32 Å². The maximum Gasteiger partial charge on any atom is 0.234 e. The molecule has 2 aromatic heterocycles. The van der Waals surface area contributed by atoms with Gasteiger partial charge in [0.15, 0.2) is 0 Å². The normalized spacial score (nSPS) is 11.5. The average molecular weight is 416 g/mol. The Morgan fingerprint density at radius 2 is 1.59 bits per heavy atom. The van der Waals surface area contributed by atoms with Crippen molar-refractivity contribution in [3.63, 3.8) is 0 Å². The number of oxazole rings is 1. The molecule has 148 valence electrons. The van der Waals surface area contributed by atoms with Gasteiger partial charge < -0.3 is 14.2 Å². The molecule has 0 aliphatic rings. The second kappa shape index (κ2) is 7.51. The first-order chi connectivity index (χ1) is 13.9. The van der Waals surface area contributed by atoms with Gasteiger partial charge in [-0.25, -0.2) is 17.2 Å². The fourth-order valence-corrected chi connectivity index (χ4v) is 3.90. The van der Waals surface area contributed by atoms with Crippen molar-refractivity contribution >= 4 is 15.7 Å². The minimum Gasteiger partial charge on any atom is -0.467 e. The Kier molecular flexibility index (Phi) is 4.89. The van der Waals surface area contributed by atoms with Crippen LogP contribution in [0.4, 0.5) is 14.7 Å². The van der Waals surface area contributed by atoms with Crippen LogP contribution in [0.5, 0.6) is 0 Å². The third-order valence-corrected chi connectivity index (χ3v) is 5.75. The molecule has 0 aliphatic carbocycles. The number of hydrogen-bond donors (Lipinski definition) is 1. The Balaban J connectivity index is 1.77. The van der Waals surface area contributed by atoms with Gasteiger partial charge in [-0.2, -0.15) is 4.98 Å². The van der Waals surface area contributed by atoms with Gasteiger partial charge in [0.05, 0.1) is 17.7 Å². The molecule has 0 radical (unpaired) electrons. The highest BCUT2D eigenvalue weighted by molar-refractivity contribution is 7.91. The fraction of sp³-hybridized carbons (Fsp3) is 0.0500. The van der Waals surface area contributed by atoms with Gasteiger partial charge >= 0.3 is 0 Å². The predicted molar refractivity (Wildman–Crippen MR) is 99.8 cm³/mol. The largest absolute Gasteiger partial charge is 0.467 e. The molecule has 0 unspecified atom stereocenters. The maximum atomic E-state index is 13.2. The zero-order valence-corrected chi connectivity index (χ0v) is 15.6. The van der Waals surface area contributed by atoms with E-state index in [0.29, 0.717) is 11.3 Å². The minimum absolute atomic E-state index is 0.00682. The van der Waals surface area contributed by atoms with Gasteiger partial charge in [0.2, 0.25) is 26.6 Å². The molecule has 9 heteroatoms. The second-order valence-corrected chi connectivity index (χ2v) is 7.92. The molecular formula is C20H14F2N2O4S. The topological polar surface area (TPSA) is 85.3 Å². The molecule has 6 nitrogen and oxygen atoms in total. The first-order valence-corrected chi connectivity index (χ1v) is 9.95. The second-order valence-electron chi connectivity index (χ2n) is 6.05. The molecule has 0 aliphatic heterocycles. The summed E-state index contributed by atoms with van der Waals surface area (Å²) in [7, 11) is -4.11. The third kappa shape index (κ3) is 3.90. The molecular weight excluding hydrogens is 402 g/mol. The Bertz CT molecular complexity index is 1220. The molecule has 4 aromatic rings. The van der Waals surface area contributed by atoms with Gasteiger partial charge in [0.25, 0.3) is 0 Å². The van der Waals surface area contributed by atoms with Crippen molar-refractivity contribution in [1.82, 2.24) is 4.98 Å². The number of aromatic nitrogens is 1. The molecule has 2 aromatic carbocycles. The number of anilines is 1. The Morgan fingerprint density at radius 1 is 0.931 bits per heavy atom. The molecule has 0 fully saturated rings. The lowest BCUT2D eigenvalue weighted by Gasteiger charge is -2.05. The summed E-state index contributed by atoms with van der Waals surface area (Å²) in [5, 5.41) is 2.49. The summed E-state index contributed by atoms with van der Waals surface area (Å²) < 4.78 is 63.4. The first-order valence-electron chi connectivity index (χ1n) is 8.47. The van der Waals surface area contributed by atoms with Crippen molar-refractivity contribution in [2.75, 3.05) is 5.32 Å². The number of nitrogens with one attached hydrogen (secondary N) is 1. The minimum atomic E-state index is -4.11. The van der Waals surface area contributed by atoms with Crippen molar-refractivity contribution in [2.45, 2.75) is 16.5 Å². The molecule has 4 rings (SSSR count). The number of halogens is 2. The van der Waals surface area contributed by atoms with Crippen molar-refractivity contribution in [2.24, 2.45) is 0 Å². The van der Waals surface area contributed by atoms with E-state index in [1.165, 1.54) is 30.5 Å². The standard InChI is InChI=1S/C20H14F2N2O4S/c21-14-5-3-13(4-6-14)18-24-20(19(28-18)23-12-16-2-1-11-27-16)29(25,26)17-9-7-15(22)8-10-17/h1-11,23H,12H2.